The summed E-state index contributed by atoms with van der Waals surface area (Å²) in [7, 11) is 0. The number of hydrogen-bond donors (Lipinski definition) is 0. The molecule has 75 heavy (non-hydrogen) atoms. The zero-order valence-electron chi connectivity index (χ0n) is 47.7. The standard InChI is InChI=1S/C72H106N2O/c1-3-49-30-40-58(41-31-49)75-59-42-35-54(36-43-59)72(66-27-14-19-51-17-7-9-23-60(51)66)67-47-57(39-44-62(67)64-26-13-16-48(2)71(64)72)73(68-29-15-20-52-18-8-10-24-61(52)68)56-37-32-50(33-38-56)53-34-45-70-65(46-53)63-25-11-12-28-69(63)74(70)55-21-5-4-6-22-55/h3,8-9,18,23,30,39-40,44,48-50,52-59,62-67,69-71H,1,4-7,10-17,19-22,24-29,31-38,41-43,45-47H2,2H3. The van der Waals surface area contributed by atoms with E-state index in [1.807, 2.05) is 22.4 Å². The summed E-state index contributed by atoms with van der Waals surface area (Å²) in [6.07, 6.45) is 75.6. The summed E-state index contributed by atoms with van der Waals surface area (Å²) in [5, 5.41) is 0. The van der Waals surface area contributed by atoms with Crippen LogP contribution >= 0.6 is 0 Å². The average molecular weight is 1020 g/mol. The number of ether oxygens (including phenoxy) is 1. The highest BCUT2D eigenvalue weighted by Crippen LogP contribution is 2.73. The van der Waals surface area contributed by atoms with Gasteiger partial charge in [0.1, 0.15) is 0 Å². The molecule has 14 rings (SSSR count). The van der Waals surface area contributed by atoms with Gasteiger partial charge >= 0.3 is 0 Å². The maximum absolute atomic E-state index is 7.10. The third-order valence-corrected chi connectivity index (χ3v) is 26.3. The smallest absolute Gasteiger partial charge is 0.0760 e. The van der Waals surface area contributed by atoms with E-state index in [9.17, 15) is 0 Å². The van der Waals surface area contributed by atoms with Crippen LogP contribution in [0.2, 0.25) is 0 Å². The van der Waals surface area contributed by atoms with Crippen LogP contribution in [0.4, 0.5) is 0 Å². The number of fused-ring (bicyclic) bond motifs is 7. The van der Waals surface area contributed by atoms with Crippen molar-refractivity contribution in [2.45, 2.75) is 280 Å². The minimum Gasteiger partial charge on any atom is -0.371 e. The highest BCUT2D eigenvalue weighted by molar-refractivity contribution is 5.38. The monoisotopic (exact) mass is 1010 g/mol. The quantitative estimate of drug-likeness (QED) is 0.203. The predicted molar refractivity (Wildman–Crippen MR) is 312 cm³/mol. The van der Waals surface area contributed by atoms with Gasteiger partial charge in [-0.2, -0.15) is 0 Å². The lowest BCUT2D eigenvalue weighted by molar-refractivity contribution is -0.0956. The van der Waals surface area contributed by atoms with Crippen LogP contribution in [0, 0.1) is 82.3 Å². The van der Waals surface area contributed by atoms with Gasteiger partial charge in [-0.3, -0.25) is 4.90 Å². The number of likely N-dealkylation sites (tertiary alicyclic amines) is 1. The van der Waals surface area contributed by atoms with Crippen molar-refractivity contribution in [3.63, 3.8) is 0 Å². The third kappa shape index (κ3) is 9.25. The summed E-state index contributed by atoms with van der Waals surface area (Å²) in [6.45, 7) is 6.90. The van der Waals surface area contributed by atoms with E-state index in [0.717, 1.165) is 95.7 Å². The van der Waals surface area contributed by atoms with Gasteiger partial charge in [-0.1, -0.05) is 112 Å². The van der Waals surface area contributed by atoms with Crippen LogP contribution in [-0.2, 0) is 4.74 Å². The van der Waals surface area contributed by atoms with Crippen LogP contribution < -0.4 is 0 Å². The van der Waals surface area contributed by atoms with Gasteiger partial charge in [0.05, 0.1) is 12.2 Å². The molecular formula is C72H106N2O. The molecule has 16 atom stereocenters. The second-order valence-electron chi connectivity index (χ2n) is 29.4. The zero-order valence-corrected chi connectivity index (χ0v) is 47.7. The Kier molecular flexibility index (Phi) is 15.0. The molecule has 0 amide bonds. The Balaban J connectivity index is 0.770. The summed E-state index contributed by atoms with van der Waals surface area (Å²) < 4.78 is 7.10. The molecule has 0 bridgehead atoms. The van der Waals surface area contributed by atoms with Gasteiger partial charge in [-0.05, 0) is 280 Å². The molecule has 13 aliphatic carbocycles. The molecule has 1 saturated heterocycles. The van der Waals surface area contributed by atoms with Gasteiger partial charge in [0.15, 0.2) is 0 Å². The molecule has 8 fully saturated rings. The van der Waals surface area contributed by atoms with Crippen molar-refractivity contribution < 1.29 is 4.74 Å². The first-order valence-corrected chi connectivity index (χ1v) is 34.0. The van der Waals surface area contributed by atoms with Crippen molar-refractivity contribution in [3.8, 4) is 0 Å². The second-order valence-corrected chi connectivity index (χ2v) is 29.4. The molecule has 14 aliphatic rings. The predicted octanol–water partition coefficient (Wildman–Crippen LogP) is 18.4. The fourth-order valence-corrected chi connectivity index (χ4v) is 23.6. The molecule has 410 valence electrons. The molecule has 0 spiro atoms. The average Bonchev–Trinajstić information content (AvgIpc) is 4.03. The number of hydrogen-bond acceptors (Lipinski definition) is 3. The van der Waals surface area contributed by atoms with Gasteiger partial charge in [0, 0.05) is 35.9 Å². The molecule has 0 aromatic carbocycles. The maximum atomic E-state index is 7.10. The Hall–Kier alpha value is -2.10. The van der Waals surface area contributed by atoms with Crippen LogP contribution in [0.5, 0.6) is 0 Å². The highest BCUT2D eigenvalue weighted by atomic mass is 16.5. The summed E-state index contributed by atoms with van der Waals surface area (Å²) in [5.41, 5.74) is 7.94. The van der Waals surface area contributed by atoms with Crippen LogP contribution in [0.1, 0.15) is 238 Å². The topological polar surface area (TPSA) is 15.7 Å². The van der Waals surface area contributed by atoms with Gasteiger partial charge in [0.2, 0.25) is 0 Å². The number of rotatable bonds is 10. The Labute approximate surface area is 458 Å². The lowest BCUT2D eigenvalue weighted by Gasteiger charge is -2.59. The molecule has 0 aromatic heterocycles. The van der Waals surface area contributed by atoms with E-state index in [-0.39, 0.29) is 0 Å². The molecule has 0 radical (unpaired) electrons. The SMILES string of the molecule is C=CC1C=CC(OC2CCC(C3(C4CCCC5=C4C=CCC5)C4CC(N(C5=C6CCC=CC6CCC5)C5CCC(C6CCC7C(C6)C6CCCCC6N7C6CCCCC6)CC5)C=CC4C4CCCC(C)C43)CC2)CC1. The van der Waals surface area contributed by atoms with E-state index >= 15 is 0 Å². The lowest BCUT2D eigenvalue weighted by Crippen LogP contribution is -2.54. The van der Waals surface area contributed by atoms with Crippen molar-refractivity contribution in [3.05, 3.63) is 83.7 Å². The summed E-state index contributed by atoms with van der Waals surface area (Å²) in [6, 6.07) is 4.07. The van der Waals surface area contributed by atoms with Crippen molar-refractivity contribution in [2.75, 3.05) is 0 Å². The first-order chi connectivity index (χ1) is 37.0. The highest BCUT2D eigenvalue weighted by Gasteiger charge is 2.68. The largest absolute Gasteiger partial charge is 0.371 e. The maximum Gasteiger partial charge on any atom is 0.0760 e. The van der Waals surface area contributed by atoms with Crippen molar-refractivity contribution in [1.29, 1.82) is 0 Å². The van der Waals surface area contributed by atoms with Gasteiger partial charge in [-0.15, -0.1) is 6.58 Å². The van der Waals surface area contributed by atoms with E-state index in [2.05, 4.69) is 78.0 Å². The molecule has 7 saturated carbocycles. The zero-order chi connectivity index (χ0) is 50.0. The molecule has 1 aliphatic heterocycles. The second kappa shape index (κ2) is 22.1. The first-order valence-electron chi connectivity index (χ1n) is 34.0. The lowest BCUT2D eigenvalue weighted by atomic mass is 9.46. The molecule has 3 heteroatoms. The molecule has 0 N–H and O–H groups in total. The molecule has 1 heterocycles. The Morgan fingerprint density at radius 2 is 1.41 bits per heavy atom. The first kappa shape index (κ1) is 51.1. The van der Waals surface area contributed by atoms with E-state index in [4.69, 9.17) is 4.74 Å². The molecule has 3 nitrogen and oxygen atoms in total. The van der Waals surface area contributed by atoms with E-state index in [0.29, 0.717) is 35.5 Å². The van der Waals surface area contributed by atoms with E-state index in [1.165, 1.54) is 205 Å². The number of nitrogens with zero attached hydrogens (tertiary/aromatic N) is 2. The normalized spacial score (nSPS) is 47.1. The fourth-order valence-electron chi connectivity index (χ4n) is 23.6. The Morgan fingerprint density at radius 3 is 2.27 bits per heavy atom. The van der Waals surface area contributed by atoms with Crippen molar-refractivity contribution in [2.24, 2.45) is 82.3 Å². The molecular weight excluding hydrogens is 909 g/mol. The Morgan fingerprint density at radius 1 is 0.613 bits per heavy atom. The Bertz CT molecular complexity index is 2200. The summed E-state index contributed by atoms with van der Waals surface area (Å²) in [5.74, 6) is 10.9. The van der Waals surface area contributed by atoms with Crippen molar-refractivity contribution >= 4 is 0 Å². The fraction of sp³-hybridized carbons (Fsp3) is 0.806. The van der Waals surface area contributed by atoms with Crippen LogP contribution in [-0.4, -0.2) is 52.2 Å². The van der Waals surface area contributed by atoms with E-state index < -0.39 is 0 Å². The van der Waals surface area contributed by atoms with Crippen molar-refractivity contribution in [1.82, 2.24) is 9.80 Å². The molecule has 0 aromatic rings. The van der Waals surface area contributed by atoms with Crippen LogP contribution in [0.15, 0.2) is 83.7 Å². The van der Waals surface area contributed by atoms with Gasteiger partial charge in [0.25, 0.3) is 0 Å². The minimum absolute atomic E-state index is 0.303. The minimum atomic E-state index is 0.303. The molecule has 16 unspecified atom stereocenters. The summed E-state index contributed by atoms with van der Waals surface area (Å²) >= 11 is 0. The van der Waals surface area contributed by atoms with Gasteiger partial charge < -0.3 is 9.64 Å². The van der Waals surface area contributed by atoms with E-state index in [1.54, 1.807) is 19.3 Å². The van der Waals surface area contributed by atoms with Crippen LogP contribution in [0.3, 0.4) is 0 Å². The summed E-state index contributed by atoms with van der Waals surface area (Å²) in [4.78, 5) is 6.60. The van der Waals surface area contributed by atoms with Gasteiger partial charge in [-0.25, -0.2) is 0 Å². The third-order valence-electron chi connectivity index (χ3n) is 26.3. The number of allylic oxidation sites excluding steroid dienone is 11. The van der Waals surface area contributed by atoms with Crippen LogP contribution in [0.25, 0.3) is 0 Å².